The van der Waals surface area contributed by atoms with Gasteiger partial charge in [0, 0.05) is 0 Å². The van der Waals surface area contributed by atoms with Gasteiger partial charge in [-0.25, -0.2) is 8.42 Å². The lowest BCUT2D eigenvalue weighted by Gasteiger charge is -2.25. The molecule has 1 fully saturated rings. The van der Waals surface area contributed by atoms with Crippen LogP contribution in [-0.4, -0.2) is 30.1 Å². The van der Waals surface area contributed by atoms with Crippen molar-refractivity contribution in [2.75, 3.05) is 5.75 Å². The number of aliphatic hydroxyl groups is 1. The minimum Gasteiger partial charge on any atom is -0.393 e. The Balaban J connectivity index is 2.66. The van der Waals surface area contributed by atoms with Crippen LogP contribution < -0.4 is 0 Å². The molecule has 1 aliphatic heterocycles. The Kier molecular flexibility index (Phi) is 3.26. The van der Waals surface area contributed by atoms with E-state index in [0.29, 0.717) is 12.2 Å². The predicted octanol–water partition coefficient (Wildman–Crippen LogP) is 1.36. The molecule has 3 nitrogen and oxygen atoms in total. The average Bonchev–Trinajstić information content (AvgIpc) is 2.20. The Hall–Kier alpha value is -0.0900. The van der Waals surface area contributed by atoms with Gasteiger partial charge in [0.2, 0.25) is 0 Å². The number of hydrogen-bond donors (Lipinski definition) is 1. The second-order valence-corrected chi connectivity index (χ2v) is 7.52. The molecule has 1 heterocycles. The van der Waals surface area contributed by atoms with Gasteiger partial charge in [-0.05, 0) is 46.0 Å². The molecule has 0 saturated carbocycles. The highest BCUT2D eigenvalue weighted by Gasteiger charge is 2.46. The van der Waals surface area contributed by atoms with Crippen LogP contribution in [0.25, 0.3) is 0 Å². The Labute approximate surface area is 86.4 Å². The average molecular weight is 220 g/mol. The molecule has 0 aromatic carbocycles. The first kappa shape index (κ1) is 12.0. The van der Waals surface area contributed by atoms with E-state index in [1.165, 1.54) is 0 Å². The first-order valence-electron chi connectivity index (χ1n) is 5.18. The van der Waals surface area contributed by atoms with Crippen molar-refractivity contribution in [2.24, 2.45) is 5.92 Å². The molecule has 2 atom stereocenters. The molecule has 0 aliphatic carbocycles. The van der Waals surface area contributed by atoms with Crippen molar-refractivity contribution in [3.8, 4) is 0 Å². The molecule has 0 amide bonds. The molecule has 1 aliphatic rings. The maximum absolute atomic E-state index is 11.7. The van der Waals surface area contributed by atoms with E-state index in [-0.39, 0.29) is 12.0 Å². The minimum absolute atomic E-state index is 0.210. The van der Waals surface area contributed by atoms with Gasteiger partial charge < -0.3 is 5.11 Å². The number of sulfone groups is 1. The summed E-state index contributed by atoms with van der Waals surface area (Å²) in [6.07, 6.45) is 1.93. The van der Waals surface area contributed by atoms with Crippen LogP contribution in [-0.2, 0) is 9.84 Å². The van der Waals surface area contributed by atoms with Crippen molar-refractivity contribution >= 4 is 9.84 Å². The van der Waals surface area contributed by atoms with E-state index < -0.39 is 14.6 Å². The van der Waals surface area contributed by atoms with Gasteiger partial charge in [-0.15, -0.1) is 0 Å². The van der Waals surface area contributed by atoms with Gasteiger partial charge in [-0.1, -0.05) is 0 Å². The van der Waals surface area contributed by atoms with Crippen molar-refractivity contribution in [1.29, 1.82) is 0 Å². The Morgan fingerprint density at radius 2 is 2.07 bits per heavy atom. The molecule has 0 aromatic heterocycles. The standard InChI is InChI=1S/C10H20O3S/c1-8(11)4-5-9-6-7-14(12,13)10(9,2)3/h8-9,11H,4-7H2,1-3H3/t8-,9?/m0/s1. The summed E-state index contributed by atoms with van der Waals surface area (Å²) in [5.41, 5.74) is 0. The lowest BCUT2D eigenvalue weighted by molar-refractivity contribution is 0.169. The molecular formula is C10H20O3S. The zero-order valence-electron chi connectivity index (χ0n) is 9.16. The molecule has 4 heteroatoms. The largest absolute Gasteiger partial charge is 0.393 e. The third-order valence-corrected chi connectivity index (χ3v) is 6.16. The molecule has 1 unspecified atom stereocenters. The summed E-state index contributed by atoms with van der Waals surface area (Å²) in [7, 11) is -2.90. The Morgan fingerprint density at radius 3 is 2.43 bits per heavy atom. The second-order valence-electron chi connectivity index (χ2n) is 4.83. The lowest BCUT2D eigenvalue weighted by atomic mass is 9.88. The maximum atomic E-state index is 11.7. The molecule has 14 heavy (non-hydrogen) atoms. The summed E-state index contributed by atoms with van der Waals surface area (Å²) >= 11 is 0. The van der Waals surface area contributed by atoms with E-state index in [4.69, 9.17) is 5.11 Å². The molecule has 0 bridgehead atoms. The van der Waals surface area contributed by atoms with Gasteiger partial charge >= 0.3 is 0 Å². The summed E-state index contributed by atoms with van der Waals surface area (Å²) in [4.78, 5) is 0. The van der Waals surface area contributed by atoms with Crippen molar-refractivity contribution in [1.82, 2.24) is 0 Å². The third kappa shape index (κ3) is 2.11. The van der Waals surface area contributed by atoms with Crippen LogP contribution in [0.5, 0.6) is 0 Å². The third-order valence-electron chi connectivity index (χ3n) is 3.45. The second kappa shape index (κ2) is 3.81. The van der Waals surface area contributed by atoms with E-state index in [0.717, 1.165) is 12.8 Å². The fraction of sp³-hybridized carbons (Fsp3) is 1.00. The quantitative estimate of drug-likeness (QED) is 0.781. The van der Waals surface area contributed by atoms with Crippen molar-refractivity contribution in [3.63, 3.8) is 0 Å². The fourth-order valence-electron chi connectivity index (χ4n) is 2.10. The van der Waals surface area contributed by atoms with Crippen LogP contribution >= 0.6 is 0 Å². The van der Waals surface area contributed by atoms with E-state index in [1.54, 1.807) is 6.92 Å². The summed E-state index contributed by atoms with van der Waals surface area (Å²) < 4.78 is 22.8. The van der Waals surface area contributed by atoms with Crippen LogP contribution in [0.15, 0.2) is 0 Å². The van der Waals surface area contributed by atoms with Crippen LogP contribution in [0, 0.1) is 5.92 Å². The van der Waals surface area contributed by atoms with Crippen LogP contribution in [0.3, 0.4) is 0 Å². The predicted molar refractivity (Wildman–Crippen MR) is 56.9 cm³/mol. The van der Waals surface area contributed by atoms with Crippen molar-refractivity contribution in [3.05, 3.63) is 0 Å². The van der Waals surface area contributed by atoms with E-state index in [9.17, 15) is 8.42 Å². The number of hydrogen-bond acceptors (Lipinski definition) is 3. The maximum Gasteiger partial charge on any atom is 0.155 e. The zero-order valence-corrected chi connectivity index (χ0v) is 9.97. The lowest BCUT2D eigenvalue weighted by Crippen LogP contribution is -2.33. The van der Waals surface area contributed by atoms with E-state index in [2.05, 4.69) is 0 Å². The number of aliphatic hydroxyl groups excluding tert-OH is 1. The summed E-state index contributed by atoms with van der Waals surface area (Å²) in [5.74, 6) is 0.520. The molecule has 1 saturated heterocycles. The highest BCUT2D eigenvalue weighted by molar-refractivity contribution is 7.93. The first-order valence-corrected chi connectivity index (χ1v) is 6.83. The molecule has 0 spiro atoms. The fourth-order valence-corrected chi connectivity index (χ4v) is 3.96. The molecule has 0 aromatic rings. The Bertz CT molecular complexity index is 290. The zero-order chi connectivity index (χ0) is 11.0. The summed E-state index contributed by atoms with van der Waals surface area (Å²) in [6.45, 7) is 5.36. The van der Waals surface area contributed by atoms with Crippen molar-refractivity contribution < 1.29 is 13.5 Å². The van der Waals surface area contributed by atoms with E-state index in [1.807, 2.05) is 13.8 Å². The van der Waals surface area contributed by atoms with Gasteiger partial charge in [0.25, 0.3) is 0 Å². The molecule has 1 rings (SSSR count). The van der Waals surface area contributed by atoms with Gasteiger partial charge in [0.05, 0.1) is 16.6 Å². The molecule has 1 N–H and O–H groups in total. The van der Waals surface area contributed by atoms with Crippen LogP contribution in [0.4, 0.5) is 0 Å². The van der Waals surface area contributed by atoms with Crippen LogP contribution in [0.2, 0.25) is 0 Å². The van der Waals surface area contributed by atoms with Crippen LogP contribution in [0.1, 0.15) is 40.0 Å². The number of rotatable bonds is 3. The molecular weight excluding hydrogens is 200 g/mol. The van der Waals surface area contributed by atoms with E-state index >= 15 is 0 Å². The summed E-state index contributed by atoms with van der Waals surface area (Å²) in [5, 5.41) is 9.16. The smallest absolute Gasteiger partial charge is 0.155 e. The van der Waals surface area contributed by atoms with Gasteiger partial charge in [-0.3, -0.25) is 0 Å². The highest BCUT2D eigenvalue weighted by atomic mass is 32.2. The monoisotopic (exact) mass is 220 g/mol. The first-order chi connectivity index (χ1) is 6.27. The highest BCUT2D eigenvalue weighted by Crippen LogP contribution is 2.39. The molecule has 0 radical (unpaired) electrons. The Morgan fingerprint density at radius 1 is 1.50 bits per heavy atom. The topological polar surface area (TPSA) is 54.4 Å². The SMILES string of the molecule is C[C@H](O)CCC1CCS(=O)(=O)C1(C)C. The minimum atomic E-state index is -2.90. The molecule has 84 valence electrons. The van der Waals surface area contributed by atoms with Gasteiger partial charge in [-0.2, -0.15) is 0 Å². The van der Waals surface area contributed by atoms with Gasteiger partial charge in [0.1, 0.15) is 0 Å². The normalized spacial score (nSPS) is 31.6. The van der Waals surface area contributed by atoms with Gasteiger partial charge in [0.15, 0.2) is 9.84 Å². The summed E-state index contributed by atoms with van der Waals surface area (Å²) in [6, 6.07) is 0. The van der Waals surface area contributed by atoms with Crippen molar-refractivity contribution in [2.45, 2.75) is 50.9 Å².